The molecule has 0 fully saturated rings. The van der Waals surface area contributed by atoms with Crippen molar-refractivity contribution < 1.29 is 9.66 Å². The van der Waals surface area contributed by atoms with E-state index in [0.29, 0.717) is 17.3 Å². The molecule has 0 saturated heterocycles. The number of ether oxygens (including phenoxy) is 1. The lowest BCUT2D eigenvalue weighted by Gasteiger charge is -2.12. The summed E-state index contributed by atoms with van der Waals surface area (Å²) in [5, 5.41) is 27.3. The minimum Gasteiger partial charge on any atom is -0.497 e. The standard InChI is InChI=1S/C10H12N6O3/c1-6(10-12-14-15-13-10)11-8-5-7(19-2)3-4-9(8)16(17)18/h3-6,11H,1-2H3,(H,12,13,14,15). The molecule has 0 saturated carbocycles. The van der Waals surface area contributed by atoms with E-state index in [4.69, 9.17) is 4.74 Å². The van der Waals surface area contributed by atoms with Crippen molar-refractivity contribution in [2.24, 2.45) is 0 Å². The zero-order valence-electron chi connectivity index (χ0n) is 10.3. The van der Waals surface area contributed by atoms with Crippen LogP contribution in [-0.2, 0) is 0 Å². The predicted molar refractivity (Wildman–Crippen MR) is 65.9 cm³/mol. The van der Waals surface area contributed by atoms with Crippen molar-refractivity contribution in [1.29, 1.82) is 0 Å². The van der Waals surface area contributed by atoms with Crippen LogP contribution >= 0.6 is 0 Å². The number of aromatic nitrogens is 4. The molecule has 1 aromatic carbocycles. The molecule has 2 N–H and O–H groups in total. The van der Waals surface area contributed by atoms with Crippen LogP contribution in [0, 0.1) is 10.1 Å². The van der Waals surface area contributed by atoms with E-state index in [1.165, 1.54) is 19.2 Å². The van der Waals surface area contributed by atoms with E-state index in [-0.39, 0.29) is 11.7 Å². The number of nitro benzene ring substituents is 1. The average Bonchev–Trinajstić information content (AvgIpc) is 2.92. The van der Waals surface area contributed by atoms with Gasteiger partial charge in [0.05, 0.1) is 18.1 Å². The summed E-state index contributed by atoms with van der Waals surface area (Å²) in [6.07, 6.45) is 0. The second-order valence-electron chi connectivity index (χ2n) is 3.78. The van der Waals surface area contributed by atoms with Crippen LogP contribution in [0.3, 0.4) is 0 Å². The molecule has 19 heavy (non-hydrogen) atoms. The van der Waals surface area contributed by atoms with Crippen LogP contribution in [0.5, 0.6) is 5.75 Å². The molecule has 0 spiro atoms. The van der Waals surface area contributed by atoms with Crippen LogP contribution in [0.2, 0.25) is 0 Å². The second kappa shape index (κ2) is 5.29. The van der Waals surface area contributed by atoms with Gasteiger partial charge in [-0.15, -0.1) is 10.2 Å². The number of nitrogens with zero attached hydrogens (tertiary/aromatic N) is 4. The van der Waals surface area contributed by atoms with Crippen LogP contribution < -0.4 is 10.1 Å². The second-order valence-corrected chi connectivity index (χ2v) is 3.78. The zero-order valence-corrected chi connectivity index (χ0v) is 10.3. The first kappa shape index (κ1) is 12.7. The Bertz CT molecular complexity index is 571. The molecule has 0 radical (unpaired) electrons. The number of methoxy groups -OCH3 is 1. The van der Waals surface area contributed by atoms with Gasteiger partial charge in [0.25, 0.3) is 5.69 Å². The predicted octanol–water partition coefficient (Wildman–Crippen LogP) is 1.29. The molecule has 1 atom stereocenters. The first-order valence-electron chi connectivity index (χ1n) is 5.44. The number of rotatable bonds is 5. The van der Waals surface area contributed by atoms with E-state index in [2.05, 4.69) is 25.9 Å². The van der Waals surface area contributed by atoms with E-state index in [0.717, 1.165) is 0 Å². The van der Waals surface area contributed by atoms with Crippen molar-refractivity contribution in [2.75, 3.05) is 12.4 Å². The Morgan fingerprint density at radius 2 is 2.32 bits per heavy atom. The summed E-state index contributed by atoms with van der Waals surface area (Å²) < 4.78 is 5.05. The molecule has 1 heterocycles. The van der Waals surface area contributed by atoms with Gasteiger partial charge in [-0.3, -0.25) is 10.1 Å². The monoisotopic (exact) mass is 264 g/mol. The van der Waals surface area contributed by atoms with Crippen molar-refractivity contribution in [3.05, 3.63) is 34.1 Å². The Morgan fingerprint density at radius 3 is 2.89 bits per heavy atom. The molecule has 9 heteroatoms. The molecule has 1 unspecified atom stereocenters. The summed E-state index contributed by atoms with van der Waals surface area (Å²) >= 11 is 0. The molecule has 0 amide bonds. The topological polar surface area (TPSA) is 119 Å². The Kier molecular flexibility index (Phi) is 3.55. The molecule has 9 nitrogen and oxygen atoms in total. The van der Waals surface area contributed by atoms with Gasteiger partial charge in [0.15, 0.2) is 5.82 Å². The molecule has 1 aromatic heterocycles. The lowest BCUT2D eigenvalue weighted by molar-refractivity contribution is -0.384. The quantitative estimate of drug-likeness (QED) is 0.616. The van der Waals surface area contributed by atoms with Gasteiger partial charge in [0.1, 0.15) is 11.4 Å². The lowest BCUT2D eigenvalue weighted by atomic mass is 10.2. The fraction of sp³-hybridized carbons (Fsp3) is 0.300. The summed E-state index contributed by atoms with van der Waals surface area (Å²) in [6.45, 7) is 1.77. The summed E-state index contributed by atoms with van der Waals surface area (Å²) in [6, 6.07) is 4.13. The van der Waals surface area contributed by atoms with Gasteiger partial charge >= 0.3 is 0 Å². The van der Waals surface area contributed by atoms with E-state index >= 15 is 0 Å². The third-order valence-corrected chi connectivity index (χ3v) is 2.52. The Labute approximate surface area is 108 Å². The van der Waals surface area contributed by atoms with Gasteiger partial charge in [0, 0.05) is 12.1 Å². The summed E-state index contributed by atoms with van der Waals surface area (Å²) in [7, 11) is 1.49. The fourth-order valence-corrected chi connectivity index (χ4v) is 1.57. The van der Waals surface area contributed by atoms with E-state index in [1.807, 2.05) is 0 Å². The highest BCUT2D eigenvalue weighted by Gasteiger charge is 2.18. The highest BCUT2D eigenvalue weighted by atomic mass is 16.6. The number of nitrogens with one attached hydrogen (secondary N) is 2. The Morgan fingerprint density at radius 1 is 1.53 bits per heavy atom. The first-order chi connectivity index (χ1) is 9.11. The maximum absolute atomic E-state index is 11.0. The largest absolute Gasteiger partial charge is 0.497 e. The molecule has 0 bridgehead atoms. The number of hydrogen-bond donors (Lipinski definition) is 2. The van der Waals surface area contributed by atoms with Crippen molar-refractivity contribution in [1.82, 2.24) is 20.6 Å². The number of aromatic amines is 1. The van der Waals surface area contributed by atoms with Gasteiger partial charge in [-0.05, 0) is 13.0 Å². The number of anilines is 1. The summed E-state index contributed by atoms with van der Waals surface area (Å²) in [5.74, 6) is 0.936. The van der Waals surface area contributed by atoms with Crippen LogP contribution in [-0.4, -0.2) is 32.7 Å². The fourth-order valence-electron chi connectivity index (χ4n) is 1.57. The number of nitro groups is 1. The van der Waals surface area contributed by atoms with E-state index in [1.54, 1.807) is 13.0 Å². The number of H-pyrrole nitrogens is 1. The SMILES string of the molecule is COc1ccc([N+](=O)[O-])c(NC(C)c2nn[nH]n2)c1. The van der Waals surface area contributed by atoms with Gasteiger partial charge < -0.3 is 10.1 Å². The van der Waals surface area contributed by atoms with E-state index < -0.39 is 4.92 Å². The molecule has 2 aromatic rings. The van der Waals surface area contributed by atoms with Crippen LogP contribution in [0.25, 0.3) is 0 Å². The minimum absolute atomic E-state index is 0.0452. The third-order valence-electron chi connectivity index (χ3n) is 2.52. The molecule has 0 aliphatic carbocycles. The molecule has 0 aliphatic rings. The molecule has 2 rings (SSSR count). The van der Waals surface area contributed by atoms with Crippen LogP contribution in [0.1, 0.15) is 18.8 Å². The zero-order chi connectivity index (χ0) is 13.8. The smallest absolute Gasteiger partial charge is 0.292 e. The summed E-state index contributed by atoms with van der Waals surface area (Å²) in [4.78, 5) is 10.5. The van der Waals surface area contributed by atoms with Gasteiger partial charge in [-0.25, -0.2) is 0 Å². The maximum atomic E-state index is 11.0. The molecular weight excluding hydrogens is 252 g/mol. The highest BCUT2D eigenvalue weighted by molar-refractivity contribution is 5.64. The van der Waals surface area contributed by atoms with Gasteiger partial charge in [-0.2, -0.15) is 5.21 Å². The van der Waals surface area contributed by atoms with Gasteiger partial charge in [0.2, 0.25) is 0 Å². The minimum atomic E-state index is -0.468. The normalized spacial score (nSPS) is 11.9. The Balaban J connectivity index is 2.29. The van der Waals surface area contributed by atoms with Crippen molar-refractivity contribution in [3.8, 4) is 5.75 Å². The lowest BCUT2D eigenvalue weighted by Crippen LogP contribution is -2.10. The van der Waals surface area contributed by atoms with E-state index in [9.17, 15) is 10.1 Å². The number of benzene rings is 1. The average molecular weight is 264 g/mol. The Hall–Kier alpha value is -2.71. The molecule has 0 aliphatic heterocycles. The van der Waals surface area contributed by atoms with Gasteiger partial charge in [-0.1, -0.05) is 5.21 Å². The van der Waals surface area contributed by atoms with Crippen LogP contribution in [0.15, 0.2) is 18.2 Å². The summed E-state index contributed by atoms with van der Waals surface area (Å²) in [5.41, 5.74) is 0.290. The van der Waals surface area contributed by atoms with Crippen molar-refractivity contribution in [3.63, 3.8) is 0 Å². The first-order valence-corrected chi connectivity index (χ1v) is 5.44. The van der Waals surface area contributed by atoms with Crippen LogP contribution in [0.4, 0.5) is 11.4 Å². The number of tetrazole rings is 1. The van der Waals surface area contributed by atoms with Crippen molar-refractivity contribution >= 4 is 11.4 Å². The maximum Gasteiger partial charge on any atom is 0.292 e. The molecule has 100 valence electrons. The third kappa shape index (κ3) is 2.76. The molecular formula is C10H12N6O3. The number of hydrogen-bond acceptors (Lipinski definition) is 7. The highest BCUT2D eigenvalue weighted by Crippen LogP contribution is 2.30. The van der Waals surface area contributed by atoms with Crippen molar-refractivity contribution in [2.45, 2.75) is 13.0 Å².